The molecule has 4 aromatic carbocycles. The molecular formula is C33H34ClN3O6. The van der Waals surface area contributed by atoms with E-state index in [-0.39, 0.29) is 29.8 Å². The van der Waals surface area contributed by atoms with Crippen LogP contribution in [0.25, 0.3) is 0 Å². The molecule has 4 aromatic rings. The first-order valence-electron chi connectivity index (χ1n) is 13.8. The van der Waals surface area contributed by atoms with Crippen LogP contribution in [0.3, 0.4) is 0 Å². The SMILES string of the molecule is CCN(CC)CCNC(=O)c1ccc(N)cc1.Cl.O=C1OC2(c3ccc(O)cc3Oc3cc(O)ccc32)c2ccccc21. The molecule has 0 fully saturated rings. The minimum atomic E-state index is -1.17. The summed E-state index contributed by atoms with van der Waals surface area (Å²) in [6, 6.07) is 23.5. The number of hydrogen-bond acceptors (Lipinski definition) is 8. The number of anilines is 1. The Morgan fingerprint density at radius 1 is 0.860 bits per heavy atom. The van der Waals surface area contributed by atoms with Crippen molar-refractivity contribution in [1.29, 1.82) is 0 Å². The largest absolute Gasteiger partial charge is 0.508 e. The van der Waals surface area contributed by atoms with E-state index in [1.165, 1.54) is 24.3 Å². The molecule has 0 unspecified atom stereocenters. The summed E-state index contributed by atoms with van der Waals surface area (Å²) >= 11 is 0. The average Bonchev–Trinajstić information content (AvgIpc) is 3.28. The van der Waals surface area contributed by atoms with Crippen LogP contribution in [0.1, 0.15) is 51.3 Å². The van der Waals surface area contributed by atoms with Gasteiger partial charge in [0.05, 0.1) is 5.56 Å². The van der Waals surface area contributed by atoms with Gasteiger partial charge in [0.2, 0.25) is 0 Å². The lowest BCUT2D eigenvalue weighted by Gasteiger charge is -2.36. The Morgan fingerprint density at radius 3 is 2.02 bits per heavy atom. The summed E-state index contributed by atoms with van der Waals surface area (Å²) in [6.07, 6.45) is 0. The lowest BCUT2D eigenvalue weighted by molar-refractivity contribution is 0.0224. The van der Waals surface area contributed by atoms with Crippen LogP contribution in [0.15, 0.2) is 84.9 Å². The molecule has 0 aromatic heterocycles. The summed E-state index contributed by atoms with van der Waals surface area (Å²) in [5, 5.41) is 22.6. The second-order valence-electron chi connectivity index (χ2n) is 9.98. The molecule has 2 aliphatic heterocycles. The number of nitrogens with one attached hydrogen (secondary N) is 1. The van der Waals surface area contributed by atoms with Crippen molar-refractivity contribution in [2.75, 3.05) is 31.9 Å². The average molecular weight is 604 g/mol. The van der Waals surface area contributed by atoms with Gasteiger partial charge in [0.1, 0.15) is 23.0 Å². The Morgan fingerprint density at radius 2 is 1.44 bits per heavy atom. The third kappa shape index (κ3) is 6.09. The number of amides is 1. The lowest BCUT2D eigenvalue weighted by Crippen LogP contribution is -2.34. The highest BCUT2D eigenvalue weighted by atomic mass is 35.5. The van der Waals surface area contributed by atoms with E-state index in [9.17, 15) is 19.8 Å². The Kier molecular flexibility index (Phi) is 9.48. The maximum atomic E-state index is 12.5. The van der Waals surface area contributed by atoms with E-state index in [0.717, 1.165) is 19.6 Å². The molecule has 0 atom stereocenters. The number of likely N-dealkylation sites (N-methyl/N-ethyl adjacent to an activating group) is 1. The van der Waals surface area contributed by atoms with Crippen molar-refractivity contribution < 1.29 is 29.3 Å². The number of aromatic hydroxyl groups is 2. The number of esters is 1. The number of carbonyl (C=O) groups excluding carboxylic acids is 2. The molecule has 2 heterocycles. The lowest BCUT2D eigenvalue weighted by atomic mass is 9.77. The van der Waals surface area contributed by atoms with Crippen molar-refractivity contribution in [3.05, 3.63) is 113 Å². The van der Waals surface area contributed by atoms with Gasteiger partial charge in [0, 0.05) is 53.2 Å². The van der Waals surface area contributed by atoms with Gasteiger partial charge in [0.25, 0.3) is 5.91 Å². The molecule has 1 spiro atoms. The van der Waals surface area contributed by atoms with Gasteiger partial charge in [-0.3, -0.25) is 4.79 Å². The number of halogens is 1. The molecule has 9 nitrogen and oxygen atoms in total. The number of phenolic OH excluding ortho intramolecular Hbond substituents is 2. The van der Waals surface area contributed by atoms with Crippen LogP contribution in [0.4, 0.5) is 5.69 Å². The molecule has 0 aliphatic carbocycles. The molecule has 2 aliphatic rings. The number of nitrogen functional groups attached to an aromatic ring is 1. The van der Waals surface area contributed by atoms with Gasteiger partial charge in [-0.05, 0) is 67.7 Å². The molecule has 43 heavy (non-hydrogen) atoms. The number of carbonyl (C=O) groups is 2. The number of ether oxygens (including phenoxy) is 2. The van der Waals surface area contributed by atoms with Crippen molar-refractivity contribution in [2.45, 2.75) is 19.4 Å². The van der Waals surface area contributed by atoms with E-state index in [1.807, 2.05) is 12.1 Å². The van der Waals surface area contributed by atoms with E-state index < -0.39 is 11.6 Å². The second-order valence-corrected chi connectivity index (χ2v) is 9.98. The molecule has 0 saturated heterocycles. The van der Waals surface area contributed by atoms with E-state index in [2.05, 4.69) is 24.1 Å². The third-order valence-corrected chi connectivity index (χ3v) is 7.46. The monoisotopic (exact) mass is 603 g/mol. The predicted molar refractivity (Wildman–Crippen MR) is 166 cm³/mol. The van der Waals surface area contributed by atoms with E-state index in [1.54, 1.807) is 48.5 Å². The van der Waals surface area contributed by atoms with E-state index >= 15 is 0 Å². The van der Waals surface area contributed by atoms with Gasteiger partial charge >= 0.3 is 5.97 Å². The number of hydrogen-bond donors (Lipinski definition) is 4. The summed E-state index contributed by atoms with van der Waals surface area (Å²) in [5.74, 6) is 0.364. The molecule has 6 rings (SSSR count). The number of phenols is 2. The van der Waals surface area contributed by atoms with Crippen molar-refractivity contribution in [3.8, 4) is 23.0 Å². The molecule has 5 N–H and O–H groups in total. The zero-order valence-corrected chi connectivity index (χ0v) is 24.7. The summed E-state index contributed by atoms with van der Waals surface area (Å²) in [5.41, 5.74) is 8.17. The Bertz CT molecular complexity index is 1570. The Hall–Kier alpha value is -4.73. The zero-order valence-electron chi connectivity index (χ0n) is 23.9. The van der Waals surface area contributed by atoms with Crippen LogP contribution in [-0.2, 0) is 10.3 Å². The van der Waals surface area contributed by atoms with Gasteiger partial charge in [-0.15, -0.1) is 12.4 Å². The van der Waals surface area contributed by atoms with Crippen LogP contribution in [0.5, 0.6) is 23.0 Å². The first-order valence-corrected chi connectivity index (χ1v) is 13.8. The van der Waals surface area contributed by atoms with Gasteiger partial charge in [-0.1, -0.05) is 32.0 Å². The van der Waals surface area contributed by atoms with Crippen LogP contribution >= 0.6 is 12.4 Å². The first-order chi connectivity index (χ1) is 20.3. The summed E-state index contributed by atoms with van der Waals surface area (Å²) in [7, 11) is 0. The molecular weight excluding hydrogens is 570 g/mol. The van der Waals surface area contributed by atoms with Crippen molar-refractivity contribution in [2.24, 2.45) is 0 Å². The second kappa shape index (κ2) is 13.1. The first kappa shape index (κ1) is 31.2. The van der Waals surface area contributed by atoms with Crippen LogP contribution < -0.4 is 15.8 Å². The smallest absolute Gasteiger partial charge is 0.340 e. The van der Waals surface area contributed by atoms with E-state index in [4.69, 9.17) is 15.2 Å². The fourth-order valence-corrected chi connectivity index (χ4v) is 5.26. The van der Waals surface area contributed by atoms with Crippen LogP contribution in [0.2, 0.25) is 0 Å². The number of fused-ring (bicyclic) bond motifs is 6. The molecule has 0 radical (unpaired) electrons. The number of nitrogens with zero attached hydrogens (tertiary/aromatic N) is 1. The highest BCUT2D eigenvalue weighted by molar-refractivity contribution is 5.97. The maximum absolute atomic E-state index is 12.5. The van der Waals surface area contributed by atoms with E-state index in [0.29, 0.717) is 51.5 Å². The fraction of sp³-hybridized carbons (Fsp3) is 0.212. The minimum absolute atomic E-state index is 0. The Balaban J connectivity index is 0.000000208. The summed E-state index contributed by atoms with van der Waals surface area (Å²) < 4.78 is 11.8. The van der Waals surface area contributed by atoms with Gasteiger partial charge in [-0.2, -0.15) is 0 Å². The van der Waals surface area contributed by atoms with Gasteiger partial charge < -0.3 is 35.6 Å². The van der Waals surface area contributed by atoms with Crippen molar-refractivity contribution >= 4 is 30.0 Å². The number of nitrogens with two attached hydrogens (primary N) is 1. The minimum Gasteiger partial charge on any atom is -0.508 e. The third-order valence-electron chi connectivity index (χ3n) is 7.46. The molecule has 0 saturated carbocycles. The molecule has 224 valence electrons. The highest BCUT2D eigenvalue weighted by Gasteiger charge is 2.53. The normalized spacial score (nSPS) is 13.3. The topological polar surface area (TPSA) is 134 Å². The Labute approximate surface area is 256 Å². The molecule has 1 amide bonds. The number of rotatable bonds is 6. The quantitative estimate of drug-likeness (QED) is 0.169. The summed E-state index contributed by atoms with van der Waals surface area (Å²) in [4.78, 5) is 26.5. The van der Waals surface area contributed by atoms with Crippen LogP contribution in [-0.4, -0.2) is 53.2 Å². The van der Waals surface area contributed by atoms with Crippen molar-refractivity contribution in [1.82, 2.24) is 10.2 Å². The van der Waals surface area contributed by atoms with Crippen LogP contribution in [0, 0.1) is 0 Å². The highest BCUT2D eigenvalue weighted by Crippen LogP contribution is 2.56. The standard InChI is InChI=1S/C20H12O5.C13H21N3O.ClH/c21-11-5-7-15-17(9-11)24-18-10-12(22)6-8-16(18)20(15)14-4-2-1-3-13(14)19(23)25-20;1-3-16(4-2)10-9-15-13(17)11-5-7-12(14)8-6-11;/h1-10,21-22H;5-8H,3-4,9-10,14H2,1-2H3,(H,15,17);1H. The molecule has 0 bridgehead atoms. The number of benzene rings is 4. The molecule has 10 heteroatoms. The van der Waals surface area contributed by atoms with Gasteiger partial charge in [-0.25, -0.2) is 4.79 Å². The predicted octanol–water partition coefficient (Wildman–Crippen LogP) is 5.43. The summed E-state index contributed by atoms with van der Waals surface area (Å²) in [6.45, 7) is 7.80. The zero-order chi connectivity index (χ0) is 29.9. The van der Waals surface area contributed by atoms with Crippen molar-refractivity contribution in [3.63, 3.8) is 0 Å². The van der Waals surface area contributed by atoms with Gasteiger partial charge in [0.15, 0.2) is 5.60 Å². The fourth-order valence-electron chi connectivity index (χ4n) is 5.26. The maximum Gasteiger partial charge on any atom is 0.340 e.